The summed E-state index contributed by atoms with van der Waals surface area (Å²) in [7, 11) is 0. The molecule has 0 bridgehead atoms. The molecule has 0 amide bonds. The van der Waals surface area contributed by atoms with Gasteiger partial charge in [-0.1, -0.05) is 34.1 Å². The van der Waals surface area contributed by atoms with E-state index >= 15 is 0 Å². The van der Waals surface area contributed by atoms with Crippen molar-refractivity contribution in [2.24, 2.45) is 11.3 Å². The molecule has 0 aromatic heterocycles. The van der Waals surface area contributed by atoms with Crippen LogP contribution >= 0.6 is 0 Å². The highest BCUT2D eigenvalue weighted by atomic mass is 14.9. The van der Waals surface area contributed by atoms with Gasteiger partial charge in [0.1, 0.15) is 0 Å². The molecule has 0 saturated heterocycles. The Morgan fingerprint density at radius 1 is 1.07 bits per heavy atom. The van der Waals surface area contributed by atoms with E-state index in [1.807, 2.05) is 0 Å². The van der Waals surface area contributed by atoms with Crippen molar-refractivity contribution in [3.8, 4) is 0 Å². The lowest BCUT2D eigenvalue weighted by atomic mass is 9.85. The Balaban J connectivity index is 2.38. The zero-order valence-electron chi connectivity index (χ0n) is 11.3. The molecular weight excluding hydrogens is 182 g/mol. The van der Waals surface area contributed by atoms with Crippen LogP contribution in [-0.2, 0) is 0 Å². The Hall–Kier alpha value is -0.0400. The maximum absolute atomic E-state index is 3.80. The zero-order valence-corrected chi connectivity index (χ0v) is 11.3. The normalized spacial score (nSPS) is 28.8. The third-order valence-electron chi connectivity index (χ3n) is 4.07. The first-order chi connectivity index (χ1) is 6.91. The van der Waals surface area contributed by atoms with E-state index in [1.165, 1.54) is 32.1 Å². The molecule has 1 saturated carbocycles. The van der Waals surface area contributed by atoms with Gasteiger partial charge in [-0.25, -0.2) is 0 Å². The molecule has 90 valence electrons. The van der Waals surface area contributed by atoms with Crippen LogP contribution in [0.2, 0.25) is 0 Å². The second-order valence-electron chi connectivity index (χ2n) is 6.49. The molecular formula is C14H29N. The largest absolute Gasteiger partial charge is 0.311 e. The lowest BCUT2D eigenvalue weighted by Gasteiger charge is -2.25. The highest BCUT2D eigenvalue weighted by molar-refractivity contribution is 4.81. The first-order valence-electron chi connectivity index (χ1n) is 6.67. The molecule has 15 heavy (non-hydrogen) atoms. The van der Waals surface area contributed by atoms with Crippen molar-refractivity contribution in [2.45, 2.75) is 78.8 Å². The fourth-order valence-electron chi connectivity index (χ4n) is 2.39. The van der Waals surface area contributed by atoms with Gasteiger partial charge in [0.25, 0.3) is 0 Å². The molecule has 1 aliphatic carbocycles. The van der Waals surface area contributed by atoms with Crippen molar-refractivity contribution in [1.82, 2.24) is 5.32 Å². The van der Waals surface area contributed by atoms with Gasteiger partial charge >= 0.3 is 0 Å². The standard InChI is InChI=1S/C14H29N/c1-11(2)12(3)15-13-7-6-9-14(4,5)10-8-13/h11-13,15H,6-10H2,1-5H3. The highest BCUT2D eigenvalue weighted by Crippen LogP contribution is 2.33. The summed E-state index contributed by atoms with van der Waals surface area (Å²) < 4.78 is 0. The van der Waals surface area contributed by atoms with E-state index in [-0.39, 0.29) is 0 Å². The first kappa shape index (κ1) is 13.0. The molecule has 0 aromatic rings. The van der Waals surface area contributed by atoms with Crippen LogP contribution in [0, 0.1) is 11.3 Å². The third-order valence-corrected chi connectivity index (χ3v) is 4.07. The fourth-order valence-corrected chi connectivity index (χ4v) is 2.39. The number of hydrogen-bond donors (Lipinski definition) is 1. The van der Waals surface area contributed by atoms with Gasteiger partial charge < -0.3 is 5.32 Å². The minimum absolute atomic E-state index is 0.581. The van der Waals surface area contributed by atoms with Crippen molar-refractivity contribution in [3.05, 3.63) is 0 Å². The van der Waals surface area contributed by atoms with Crippen LogP contribution in [0.15, 0.2) is 0 Å². The second-order valence-corrected chi connectivity index (χ2v) is 6.49. The van der Waals surface area contributed by atoms with E-state index in [4.69, 9.17) is 0 Å². The van der Waals surface area contributed by atoms with Crippen LogP contribution < -0.4 is 5.32 Å². The SMILES string of the molecule is CC(C)C(C)NC1CCCC(C)(C)CC1. The van der Waals surface area contributed by atoms with E-state index in [1.54, 1.807) is 0 Å². The monoisotopic (exact) mass is 211 g/mol. The smallest absolute Gasteiger partial charge is 0.00698 e. The summed E-state index contributed by atoms with van der Waals surface area (Å²) in [6.07, 6.45) is 6.93. The summed E-state index contributed by atoms with van der Waals surface area (Å²) in [5, 5.41) is 3.80. The van der Waals surface area contributed by atoms with Crippen LogP contribution in [0.3, 0.4) is 0 Å². The average molecular weight is 211 g/mol. The van der Waals surface area contributed by atoms with Crippen LogP contribution in [-0.4, -0.2) is 12.1 Å². The van der Waals surface area contributed by atoms with Gasteiger partial charge in [0.15, 0.2) is 0 Å². The quantitative estimate of drug-likeness (QED) is 0.696. The molecule has 0 aromatic carbocycles. The minimum atomic E-state index is 0.581. The van der Waals surface area contributed by atoms with Crippen LogP contribution in [0.4, 0.5) is 0 Å². The molecule has 0 spiro atoms. The molecule has 1 heteroatoms. The Labute approximate surface area is 96.0 Å². The van der Waals surface area contributed by atoms with E-state index in [0.29, 0.717) is 11.5 Å². The van der Waals surface area contributed by atoms with Crippen molar-refractivity contribution < 1.29 is 0 Å². The van der Waals surface area contributed by atoms with Crippen molar-refractivity contribution in [3.63, 3.8) is 0 Å². The molecule has 0 aliphatic heterocycles. The second kappa shape index (κ2) is 5.34. The zero-order chi connectivity index (χ0) is 11.5. The maximum atomic E-state index is 3.80. The third kappa shape index (κ3) is 4.55. The van der Waals surface area contributed by atoms with Gasteiger partial charge in [0.05, 0.1) is 0 Å². The summed E-state index contributed by atoms with van der Waals surface area (Å²) >= 11 is 0. The topological polar surface area (TPSA) is 12.0 Å². The molecule has 1 rings (SSSR count). The number of hydrogen-bond acceptors (Lipinski definition) is 1. The summed E-state index contributed by atoms with van der Waals surface area (Å²) in [6, 6.07) is 1.43. The summed E-state index contributed by atoms with van der Waals surface area (Å²) in [6.45, 7) is 11.8. The molecule has 1 N–H and O–H groups in total. The molecule has 1 aliphatic rings. The van der Waals surface area contributed by atoms with E-state index in [0.717, 1.165) is 12.0 Å². The minimum Gasteiger partial charge on any atom is -0.311 e. The first-order valence-corrected chi connectivity index (χ1v) is 6.67. The van der Waals surface area contributed by atoms with Crippen molar-refractivity contribution >= 4 is 0 Å². The lowest BCUT2D eigenvalue weighted by molar-refractivity contribution is 0.302. The maximum Gasteiger partial charge on any atom is 0.00698 e. The molecule has 0 radical (unpaired) electrons. The van der Waals surface area contributed by atoms with E-state index in [2.05, 4.69) is 39.9 Å². The van der Waals surface area contributed by atoms with Crippen LogP contribution in [0.5, 0.6) is 0 Å². The molecule has 1 nitrogen and oxygen atoms in total. The van der Waals surface area contributed by atoms with Crippen LogP contribution in [0.25, 0.3) is 0 Å². The van der Waals surface area contributed by atoms with E-state index in [9.17, 15) is 0 Å². The Kier molecular flexibility index (Phi) is 4.64. The molecule has 1 fully saturated rings. The molecule has 2 atom stereocenters. The fraction of sp³-hybridized carbons (Fsp3) is 1.00. The van der Waals surface area contributed by atoms with Gasteiger partial charge in [-0.2, -0.15) is 0 Å². The summed E-state index contributed by atoms with van der Waals surface area (Å²) in [5.74, 6) is 0.751. The summed E-state index contributed by atoms with van der Waals surface area (Å²) in [4.78, 5) is 0. The van der Waals surface area contributed by atoms with Crippen LogP contribution in [0.1, 0.15) is 66.7 Å². The molecule has 2 unspecified atom stereocenters. The Bertz CT molecular complexity index is 184. The predicted molar refractivity (Wildman–Crippen MR) is 68.1 cm³/mol. The predicted octanol–water partition coefficient (Wildman–Crippen LogP) is 3.98. The average Bonchev–Trinajstić information content (AvgIpc) is 2.28. The van der Waals surface area contributed by atoms with Gasteiger partial charge in [-0.3, -0.25) is 0 Å². The summed E-state index contributed by atoms with van der Waals surface area (Å²) in [5.41, 5.74) is 0.581. The van der Waals surface area contributed by atoms with Gasteiger partial charge in [-0.05, 0) is 43.9 Å². The number of nitrogens with one attached hydrogen (secondary N) is 1. The van der Waals surface area contributed by atoms with Crippen molar-refractivity contribution in [1.29, 1.82) is 0 Å². The number of rotatable bonds is 3. The highest BCUT2D eigenvalue weighted by Gasteiger charge is 2.25. The van der Waals surface area contributed by atoms with E-state index < -0.39 is 0 Å². The van der Waals surface area contributed by atoms with Crippen molar-refractivity contribution in [2.75, 3.05) is 0 Å². The molecule has 0 heterocycles. The van der Waals surface area contributed by atoms with Gasteiger partial charge in [0, 0.05) is 12.1 Å². The Morgan fingerprint density at radius 2 is 1.73 bits per heavy atom. The lowest BCUT2D eigenvalue weighted by Crippen LogP contribution is -2.39. The van der Waals surface area contributed by atoms with Gasteiger partial charge in [-0.15, -0.1) is 0 Å². The Morgan fingerprint density at radius 3 is 2.33 bits per heavy atom. The van der Waals surface area contributed by atoms with Gasteiger partial charge in [0.2, 0.25) is 0 Å².